The van der Waals surface area contributed by atoms with Gasteiger partial charge in [-0.3, -0.25) is 9.12 Å². The van der Waals surface area contributed by atoms with Crippen LogP contribution in [-0.4, -0.2) is 98.7 Å². The third-order valence-electron chi connectivity index (χ3n) is 3.00. The molecule has 2 aromatic rings. The number of anilines is 1. The van der Waals surface area contributed by atoms with E-state index in [0.29, 0.717) is 24.6 Å². The van der Waals surface area contributed by atoms with Crippen LogP contribution in [0, 0.1) is 0 Å². The minimum atomic E-state index is -4.45. The number of hydrogen-bond acceptors (Lipinski definition) is 5. The van der Waals surface area contributed by atoms with Crippen molar-refractivity contribution in [1.29, 1.82) is 0 Å². The fourth-order valence-electron chi connectivity index (χ4n) is 2.01. The summed E-state index contributed by atoms with van der Waals surface area (Å²) in [5.74, 6) is 0.378. The summed E-state index contributed by atoms with van der Waals surface area (Å²) in [5.41, 5.74) is 0.573. The van der Waals surface area contributed by atoms with Gasteiger partial charge >= 0.3 is 61.5 Å². The van der Waals surface area contributed by atoms with Crippen LogP contribution in [0.5, 0.6) is 0 Å². The Kier molecular flexibility index (Phi) is 7.69. The zero-order valence-corrected chi connectivity index (χ0v) is 12.4. The minimum absolute atomic E-state index is 0. The van der Waals surface area contributed by atoms with Crippen LogP contribution in [-0.2, 0) is 10.1 Å². The van der Waals surface area contributed by atoms with Crippen molar-refractivity contribution in [3.63, 3.8) is 0 Å². The molecule has 7 nitrogen and oxygen atoms in total. The van der Waals surface area contributed by atoms with Crippen LogP contribution in [0.4, 0.5) is 5.82 Å². The van der Waals surface area contributed by atoms with Crippen molar-refractivity contribution in [2.24, 2.45) is 0 Å². The van der Waals surface area contributed by atoms with E-state index in [1.54, 1.807) is 35.2 Å². The van der Waals surface area contributed by atoms with Crippen LogP contribution in [0.25, 0.3) is 5.69 Å². The predicted molar refractivity (Wildman–Crippen MR) is 85.5 cm³/mol. The van der Waals surface area contributed by atoms with Gasteiger partial charge in [0.1, 0.15) is 5.82 Å². The number of hydrogen-bond donors (Lipinski definition) is 2. The first-order chi connectivity index (χ1) is 9.97. The molecule has 0 atom stereocenters. The second kappa shape index (κ2) is 8.55. The zero-order chi connectivity index (χ0) is 15.5. The van der Waals surface area contributed by atoms with Gasteiger partial charge < -0.3 is 10.0 Å². The van der Waals surface area contributed by atoms with Crippen LogP contribution in [0.3, 0.4) is 0 Å². The van der Waals surface area contributed by atoms with Crippen molar-refractivity contribution < 1.29 is 18.1 Å². The van der Waals surface area contributed by atoms with Crippen molar-refractivity contribution in [1.82, 2.24) is 9.55 Å². The van der Waals surface area contributed by atoms with Gasteiger partial charge in [0.15, 0.2) is 0 Å². The zero-order valence-electron chi connectivity index (χ0n) is 11.5. The number of aromatic nitrogens is 2. The van der Waals surface area contributed by atoms with Gasteiger partial charge in [-0.25, -0.2) is 0 Å². The number of nitrogens with zero attached hydrogens (tertiary/aromatic N) is 3. The molecular formula is C13H18KN3O4S. The Hall–Kier alpha value is -0.264. The summed E-state index contributed by atoms with van der Waals surface area (Å²) in [4.78, 5) is 5.70. The standard InChI is InChI=1S/C13H17N3O4S.K.H/c1-2-15(8-9-17)12-10-16(11-6-4-3-5-7-11)13(14-12)21(18,19)20;;/h3-7,10,17H,2,8-9H2,1H3,(H,18,19,20);;. The molecule has 0 unspecified atom stereocenters. The summed E-state index contributed by atoms with van der Waals surface area (Å²) < 4.78 is 33.7. The van der Waals surface area contributed by atoms with Crippen molar-refractivity contribution in [2.75, 3.05) is 24.6 Å². The molecule has 0 amide bonds. The Morgan fingerprint density at radius 1 is 1.27 bits per heavy atom. The van der Waals surface area contributed by atoms with Gasteiger partial charge in [-0.2, -0.15) is 13.4 Å². The van der Waals surface area contributed by atoms with E-state index in [4.69, 9.17) is 5.11 Å². The SMILES string of the molecule is CCN(CCO)c1cn(-c2ccccc2)c(S(=O)(=O)O)n1.[KH]. The Labute approximate surface area is 172 Å². The molecule has 116 valence electrons. The van der Waals surface area contributed by atoms with E-state index >= 15 is 0 Å². The van der Waals surface area contributed by atoms with Crippen molar-refractivity contribution in [2.45, 2.75) is 12.1 Å². The Bertz CT molecular complexity index is 703. The van der Waals surface area contributed by atoms with Crippen LogP contribution in [0.2, 0.25) is 0 Å². The summed E-state index contributed by atoms with van der Waals surface area (Å²) in [6.07, 6.45) is 1.53. The number of benzene rings is 1. The first-order valence-electron chi connectivity index (χ1n) is 6.45. The van der Waals surface area contributed by atoms with Gasteiger partial charge in [0.25, 0.3) is 5.16 Å². The number of likely N-dealkylation sites (N-methyl/N-ethyl adjacent to an activating group) is 1. The monoisotopic (exact) mass is 351 g/mol. The molecule has 0 spiro atoms. The van der Waals surface area contributed by atoms with Crippen molar-refractivity contribution in [3.8, 4) is 5.69 Å². The number of aliphatic hydroxyl groups is 1. The average Bonchev–Trinajstić information content (AvgIpc) is 2.91. The van der Waals surface area contributed by atoms with E-state index < -0.39 is 15.3 Å². The molecule has 0 fully saturated rings. The molecule has 0 saturated heterocycles. The third kappa shape index (κ3) is 4.62. The molecule has 0 bridgehead atoms. The molecule has 2 rings (SSSR count). The van der Waals surface area contributed by atoms with E-state index in [0.717, 1.165) is 0 Å². The molecule has 22 heavy (non-hydrogen) atoms. The topological polar surface area (TPSA) is 95.7 Å². The fourth-order valence-corrected chi connectivity index (χ4v) is 2.63. The molecule has 0 saturated carbocycles. The van der Waals surface area contributed by atoms with Gasteiger partial charge in [0, 0.05) is 18.8 Å². The molecule has 0 aliphatic carbocycles. The van der Waals surface area contributed by atoms with Crippen molar-refractivity contribution in [3.05, 3.63) is 36.5 Å². The molecule has 1 aromatic heterocycles. The Balaban J connectivity index is 0.00000242. The van der Waals surface area contributed by atoms with Crippen LogP contribution < -0.4 is 4.90 Å². The molecule has 0 aliphatic rings. The number of para-hydroxylation sites is 1. The second-order valence-electron chi connectivity index (χ2n) is 4.37. The average molecular weight is 351 g/mol. The molecule has 2 N–H and O–H groups in total. The van der Waals surface area contributed by atoms with Gasteiger partial charge in [-0.1, -0.05) is 18.2 Å². The maximum absolute atomic E-state index is 11.5. The quantitative estimate of drug-likeness (QED) is 0.574. The fraction of sp³-hybridized carbons (Fsp3) is 0.308. The first-order valence-corrected chi connectivity index (χ1v) is 7.89. The molecule has 0 aliphatic heterocycles. The molecule has 1 aromatic carbocycles. The first kappa shape index (κ1) is 19.8. The van der Waals surface area contributed by atoms with E-state index in [-0.39, 0.29) is 58.0 Å². The normalized spacial score (nSPS) is 11.0. The molecular weight excluding hydrogens is 333 g/mol. The van der Waals surface area contributed by atoms with E-state index in [2.05, 4.69) is 4.98 Å². The summed E-state index contributed by atoms with van der Waals surface area (Å²) in [6, 6.07) is 8.74. The summed E-state index contributed by atoms with van der Waals surface area (Å²) in [7, 11) is -4.45. The number of imidazole rings is 1. The predicted octanol–water partition coefficient (Wildman–Crippen LogP) is 0.289. The number of aliphatic hydroxyl groups excluding tert-OH is 1. The second-order valence-corrected chi connectivity index (χ2v) is 5.68. The van der Waals surface area contributed by atoms with Crippen molar-refractivity contribution >= 4 is 67.3 Å². The Morgan fingerprint density at radius 3 is 2.41 bits per heavy atom. The van der Waals surface area contributed by atoms with E-state index in [9.17, 15) is 13.0 Å². The van der Waals surface area contributed by atoms with Gasteiger partial charge in [0.2, 0.25) is 0 Å². The van der Waals surface area contributed by atoms with Crippen LogP contribution in [0.15, 0.2) is 41.7 Å². The number of rotatable bonds is 6. The van der Waals surface area contributed by atoms with E-state index in [1.165, 1.54) is 10.8 Å². The van der Waals surface area contributed by atoms with Gasteiger partial charge in [-0.15, -0.1) is 0 Å². The molecule has 9 heteroatoms. The Morgan fingerprint density at radius 2 is 1.91 bits per heavy atom. The van der Waals surface area contributed by atoms with Crippen LogP contribution in [0.1, 0.15) is 6.92 Å². The summed E-state index contributed by atoms with van der Waals surface area (Å²) in [5, 5.41) is 8.59. The third-order valence-corrected chi connectivity index (χ3v) is 3.75. The van der Waals surface area contributed by atoms with Gasteiger partial charge in [0.05, 0.1) is 12.8 Å². The van der Waals surface area contributed by atoms with Gasteiger partial charge in [-0.05, 0) is 19.1 Å². The van der Waals surface area contributed by atoms with E-state index in [1.807, 2.05) is 6.92 Å². The summed E-state index contributed by atoms with van der Waals surface area (Å²) >= 11 is 0. The molecule has 0 radical (unpaired) electrons. The maximum atomic E-state index is 11.5. The molecule has 1 heterocycles. The summed E-state index contributed by atoms with van der Waals surface area (Å²) in [6.45, 7) is 2.67. The van der Waals surface area contributed by atoms with Crippen LogP contribution >= 0.6 is 0 Å².